The average molecular weight is 308 g/mol. The van der Waals surface area contributed by atoms with Crippen molar-refractivity contribution in [3.05, 3.63) is 0 Å². The Balaban J connectivity index is 2.34. The molecule has 0 aromatic carbocycles. The maximum absolute atomic E-state index is 11.7. The highest BCUT2D eigenvalue weighted by Gasteiger charge is 2.26. The van der Waals surface area contributed by atoms with Crippen molar-refractivity contribution >= 4 is 21.7 Å². The Hall–Kier alpha value is -1.19. The molecular formula is C11H20N2O6S. The number of hydrogen-bond acceptors (Lipinski definition) is 6. The number of hydrogen-bond donors (Lipinski definition) is 3. The van der Waals surface area contributed by atoms with Crippen LogP contribution in [0, 0.1) is 0 Å². The van der Waals surface area contributed by atoms with Crippen LogP contribution in [0.4, 0.5) is 0 Å². The molecule has 3 N–H and O–H groups in total. The lowest BCUT2D eigenvalue weighted by Gasteiger charge is -2.23. The number of sulfone groups is 1. The van der Waals surface area contributed by atoms with Gasteiger partial charge in [0.1, 0.15) is 0 Å². The molecule has 0 saturated carbocycles. The second-order valence-corrected chi connectivity index (χ2v) is 6.96. The lowest BCUT2D eigenvalue weighted by atomic mass is 10.2. The van der Waals surface area contributed by atoms with E-state index in [1.54, 1.807) is 0 Å². The minimum absolute atomic E-state index is 0.0444. The zero-order chi connectivity index (χ0) is 15.2. The molecule has 0 radical (unpaired) electrons. The second kappa shape index (κ2) is 7.55. The van der Waals surface area contributed by atoms with Crippen molar-refractivity contribution in [2.24, 2.45) is 0 Å². The van der Waals surface area contributed by atoms with Crippen LogP contribution < -0.4 is 10.6 Å². The zero-order valence-corrected chi connectivity index (χ0v) is 12.1. The minimum atomic E-state index is -3.07. The fraction of sp³-hybridized carbons (Fsp3) is 0.818. The van der Waals surface area contributed by atoms with Crippen molar-refractivity contribution in [2.75, 3.05) is 31.7 Å². The SMILES string of the molecule is COC(CNC(=O)CC1CS(=O)(=O)CCN1)CC(=O)O. The summed E-state index contributed by atoms with van der Waals surface area (Å²) in [6.07, 6.45) is -0.755. The molecule has 1 aliphatic rings. The van der Waals surface area contributed by atoms with Crippen LogP contribution >= 0.6 is 0 Å². The predicted molar refractivity (Wildman–Crippen MR) is 71.1 cm³/mol. The second-order valence-electron chi connectivity index (χ2n) is 4.73. The van der Waals surface area contributed by atoms with Crippen LogP contribution in [0.1, 0.15) is 12.8 Å². The van der Waals surface area contributed by atoms with Gasteiger partial charge in [0, 0.05) is 32.7 Å². The number of nitrogens with one attached hydrogen (secondary N) is 2. The normalized spacial score (nSPS) is 22.9. The van der Waals surface area contributed by atoms with E-state index < -0.39 is 28.0 Å². The van der Waals surface area contributed by atoms with Crippen molar-refractivity contribution in [1.82, 2.24) is 10.6 Å². The van der Waals surface area contributed by atoms with E-state index >= 15 is 0 Å². The number of aliphatic carboxylic acids is 1. The molecule has 116 valence electrons. The molecule has 9 heteroatoms. The summed E-state index contributed by atoms with van der Waals surface area (Å²) in [7, 11) is -1.70. The van der Waals surface area contributed by atoms with Crippen molar-refractivity contribution in [3.63, 3.8) is 0 Å². The molecule has 0 spiro atoms. The number of carbonyl (C=O) groups is 2. The number of carbonyl (C=O) groups excluding carboxylic acids is 1. The largest absolute Gasteiger partial charge is 0.481 e. The fourth-order valence-corrected chi connectivity index (χ4v) is 3.40. The Kier molecular flexibility index (Phi) is 6.37. The topological polar surface area (TPSA) is 122 Å². The van der Waals surface area contributed by atoms with E-state index in [1.165, 1.54) is 7.11 Å². The predicted octanol–water partition coefficient (Wildman–Crippen LogP) is -1.63. The van der Waals surface area contributed by atoms with Crippen LogP contribution in [0.25, 0.3) is 0 Å². The summed E-state index contributed by atoms with van der Waals surface area (Å²) in [5, 5.41) is 14.2. The van der Waals surface area contributed by atoms with Gasteiger partial charge in [0.25, 0.3) is 0 Å². The molecule has 2 unspecified atom stereocenters. The van der Waals surface area contributed by atoms with Gasteiger partial charge in [-0.3, -0.25) is 9.59 Å². The molecule has 2 atom stereocenters. The summed E-state index contributed by atoms with van der Waals surface area (Å²) in [5.41, 5.74) is 0. The van der Waals surface area contributed by atoms with Gasteiger partial charge in [0.05, 0.1) is 24.0 Å². The third kappa shape index (κ3) is 6.31. The standard InChI is InChI=1S/C11H20N2O6S/c1-19-9(5-11(15)16)6-13-10(14)4-8-7-20(17,18)3-2-12-8/h8-9,12H,2-7H2,1H3,(H,13,14)(H,15,16). The third-order valence-electron chi connectivity index (χ3n) is 3.00. The summed E-state index contributed by atoms with van der Waals surface area (Å²) < 4.78 is 27.8. The van der Waals surface area contributed by atoms with Crippen LogP contribution in [0.15, 0.2) is 0 Å². The molecule has 1 heterocycles. The van der Waals surface area contributed by atoms with Gasteiger partial charge in [0.2, 0.25) is 5.91 Å². The maximum atomic E-state index is 11.7. The highest BCUT2D eigenvalue weighted by molar-refractivity contribution is 7.91. The van der Waals surface area contributed by atoms with Crippen molar-refractivity contribution in [2.45, 2.75) is 25.0 Å². The van der Waals surface area contributed by atoms with E-state index in [1.807, 2.05) is 0 Å². The Bertz CT molecular complexity index is 450. The Labute approximate surface area is 117 Å². The molecule has 0 aromatic heterocycles. The van der Waals surface area contributed by atoms with Gasteiger partial charge in [-0.15, -0.1) is 0 Å². The summed E-state index contributed by atoms with van der Waals surface area (Å²) in [5.74, 6) is -1.29. The molecule has 8 nitrogen and oxygen atoms in total. The molecule has 0 bridgehead atoms. The molecular weight excluding hydrogens is 288 g/mol. The van der Waals surface area contributed by atoms with Gasteiger partial charge < -0.3 is 20.5 Å². The summed E-state index contributed by atoms with van der Waals surface area (Å²) >= 11 is 0. The average Bonchev–Trinajstić information content (AvgIpc) is 2.32. The number of ether oxygens (including phenoxy) is 1. The van der Waals surface area contributed by atoms with Gasteiger partial charge >= 0.3 is 5.97 Å². The molecule has 1 saturated heterocycles. The monoisotopic (exact) mass is 308 g/mol. The first-order chi connectivity index (χ1) is 9.32. The van der Waals surface area contributed by atoms with E-state index in [4.69, 9.17) is 9.84 Å². The van der Waals surface area contributed by atoms with Crippen LogP contribution in [-0.2, 0) is 24.2 Å². The summed E-state index contributed by atoms with van der Waals surface area (Å²) in [6.45, 7) is 0.432. The maximum Gasteiger partial charge on any atom is 0.306 e. The Morgan fingerprint density at radius 2 is 2.20 bits per heavy atom. The zero-order valence-electron chi connectivity index (χ0n) is 11.3. The Morgan fingerprint density at radius 3 is 2.75 bits per heavy atom. The smallest absolute Gasteiger partial charge is 0.306 e. The van der Waals surface area contributed by atoms with Crippen LogP contribution in [-0.4, -0.2) is 69.3 Å². The number of carboxylic acids is 1. The van der Waals surface area contributed by atoms with Gasteiger partial charge in [-0.2, -0.15) is 0 Å². The van der Waals surface area contributed by atoms with E-state index in [0.29, 0.717) is 6.54 Å². The molecule has 0 aromatic rings. The lowest BCUT2D eigenvalue weighted by molar-refractivity contribution is -0.140. The summed E-state index contributed by atoms with van der Waals surface area (Å²) in [4.78, 5) is 22.2. The van der Waals surface area contributed by atoms with Crippen LogP contribution in [0.2, 0.25) is 0 Å². The molecule has 20 heavy (non-hydrogen) atoms. The number of methoxy groups -OCH3 is 1. The minimum Gasteiger partial charge on any atom is -0.481 e. The van der Waals surface area contributed by atoms with Gasteiger partial charge in [0.15, 0.2) is 9.84 Å². The first kappa shape index (κ1) is 16.9. The van der Waals surface area contributed by atoms with Crippen LogP contribution in [0.3, 0.4) is 0 Å². The van der Waals surface area contributed by atoms with E-state index in [9.17, 15) is 18.0 Å². The van der Waals surface area contributed by atoms with E-state index in [-0.39, 0.29) is 36.8 Å². The van der Waals surface area contributed by atoms with E-state index in [0.717, 1.165) is 0 Å². The fourth-order valence-electron chi connectivity index (χ4n) is 1.96. The van der Waals surface area contributed by atoms with Crippen molar-refractivity contribution < 1.29 is 27.9 Å². The number of amides is 1. The third-order valence-corrected chi connectivity index (χ3v) is 4.73. The van der Waals surface area contributed by atoms with Gasteiger partial charge in [-0.25, -0.2) is 8.42 Å². The Morgan fingerprint density at radius 1 is 1.50 bits per heavy atom. The molecule has 1 amide bonds. The molecule has 1 fully saturated rings. The first-order valence-electron chi connectivity index (χ1n) is 6.27. The summed E-state index contributed by atoms with van der Waals surface area (Å²) in [6, 6.07) is -0.394. The van der Waals surface area contributed by atoms with Crippen molar-refractivity contribution in [3.8, 4) is 0 Å². The van der Waals surface area contributed by atoms with Crippen LogP contribution in [0.5, 0.6) is 0 Å². The highest BCUT2D eigenvalue weighted by atomic mass is 32.2. The number of rotatable bonds is 7. The lowest BCUT2D eigenvalue weighted by Crippen LogP contribution is -2.47. The number of carboxylic acid groups (broad SMARTS) is 1. The van der Waals surface area contributed by atoms with Crippen molar-refractivity contribution in [1.29, 1.82) is 0 Å². The highest BCUT2D eigenvalue weighted by Crippen LogP contribution is 2.05. The van der Waals surface area contributed by atoms with E-state index in [2.05, 4.69) is 10.6 Å². The van der Waals surface area contributed by atoms with Gasteiger partial charge in [-0.05, 0) is 0 Å². The van der Waals surface area contributed by atoms with Gasteiger partial charge in [-0.1, -0.05) is 0 Å². The first-order valence-corrected chi connectivity index (χ1v) is 8.09. The quantitative estimate of drug-likeness (QED) is 0.516. The molecule has 0 aliphatic carbocycles. The molecule has 1 rings (SSSR count). The molecule has 1 aliphatic heterocycles.